The predicted octanol–water partition coefficient (Wildman–Crippen LogP) is 5.12. The van der Waals surface area contributed by atoms with Gasteiger partial charge in [-0.05, 0) is 30.2 Å². The first-order chi connectivity index (χ1) is 8.76. The van der Waals surface area contributed by atoms with Gasteiger partial charge < -0.3 is 5.11 Å². The molecule has 18 heavy (non-hydrogen) atoms. The molecule has 0 unspecified atom stereocenters. The number of allylic oxidation sites excluding steroid dienone is 6. The normalized spacial score (nSPS) is 11.4. The standard InChI is InChI=1S/C15H16O.C2H6/c1-3-5-13(6-4-2)7-8-14-9-11-15(16)12-10-14;1-2/h3-12,16H,1H2,2H3;1-2H3/b6-4-,8-7+,13-5+;. The Morgan fingerprint density at radius 2 is 1.72 bits per heavy atom. The highest BCUT2D eigenvalue weighted by molar-refractivity contribution is 5.55. The summed E-state index contributed by atoms with van der Waals surface area (Å²) in [6.07, 6.45) is 11.7. The Morgan fingerprint density at radius 1 is 1.11 bits per heavy atom. The van der Waals surface area contributed by atoms with E-state index in [9.17, 15) is 0 Å². The molecule has 0 bridgehead atoms. The predicted molar refractivity (Wildman–Crippen MR) is 81.6 cm³/mol. The maximum absolute atomic E-state index is 9.14. The third-order valence-corrected chi connectivity index (χ3v) is 2.03. The van der Waals surface area contributed by atoms with Crippen LogP contribution in [0.25, 0.3) is 6.08 Å². The number of hydrogen-bond donors (Lipinski definition) is 1. The van der Waals surface area contributed by atoms with Gasteiger partial charge in [-0.15, -0.1) is 0 Å². The van der Waals surface area contributed by atoms with Crippen molar-refractivity contribution in [1.29, 1.82) is 0 Å². The van der Waals surface area contributed by atoms with Gasteiger partial charge in [-0.25, -0.2) is 0 Å². The fourth-order valence-corrected chi connectivity index (χ4v) is 1.27. The van der Waals surface area contributed by atoms with Gasteiger partial charge in [0.05, 0.1) is 0 Å². The van der Waals surface area contributed by atoms with Gasteiger partial charge in [0.15, 0.2) is 0 Å². The summed E-state index contributed by atoms with van der Waals surface area (Å²) >= 11 is 0. The number of benzene rings is 1. The van der Waals surface area contributed by atoms with Gasteiger partial charge in [0.1, 0.15) is 5.75 Å². The van der Waals surface area contributed by atoms with Crippen LogP contribution >= 0.6 is 0 Å². The average Bonchev–Trinajstić information content (AvgIpc) is 2.41. The highest BCUT2D eigenvalue weighted by atomic mass is 16.3. The summed E-state index contributed by atoms with van der Waals surface area (Å²) in [7, 11) is 0. The van der Waals surface area contributed by atoms with Crippen LogP contribution in [0.3, 0.4) is 0 Å². The van der Waals surface area contributed by atoms with Gasteiger partial charge in [0.25, 0.3) is 0 Å². The molecule has 0 aliphatic heterocycles. The zero-order chi connectivity index (χ0) is 13.8. The Kier molecular flexibility index (Phi) is 9.01. The second-order valence-corrected chi connectivity index (χ2v) is 3.33. The first kappa shape index (κ1) is 16.0. The van der Waals surface area contributed by atoms with Crippen LogP contribution in [0.4, 0.5) is 0 Å². The Balaban J connectivity index is 0.00000137. The first-order valence-corrected chi connectivity index (χ1v) is 6.19. The van der Waals surface area contributed by atoms with Crippen LogP contribution in [-0.2, 0) is 0 Å². The van der Waals surface area contributed by atoms with E-state index in [1.54, 1.807) is 18.2 Å². The summed E-state index contributed by atoms with van der Waals surface area (Å²) < 4.78 is 0. The van der Waals surface area contributed by atoms with Crippen LogP contribution in [0.5, 0.6) is 5.75 Å². The molecule has 0 aliphatic carbocycles. The Bertz CT molecular complexity index is 419. The van der Waals surface area contributed by atoms with E-state index < -0.39 is 0 Å². The van der Waals surface area contributed by atoms with Crippen molar-refractivity contribution < 1.29 is 5.11 Å². The average molecular weight is 242 g/mol. The van der Waals surface area contributed by atoms with Crippen LogP contribution < -0.4 is 0 Å². The molecule has 1 N–H and O–H groups in total. The molecule has 96 valence electrons. The number of aromatic hydroxyl groups is 1. The van der Waals surface area contributed by atoms with E-state index in [2.05, 4.69) is 6.58 Å². The van der Waals surface area contributed by atoms with E-state index in [1.807, 2.05) is 63.3 Å². The second kappa shape index (κ2) is 10.2. The summed E-state index contributed by atoms with van der Waals surface area (Å²) in [5.74, 6) is 0.285. The van der Waals surface area contributed by atoms with Gasteiger partial charge in [-0.3, -0.25) is 0 Å². The van der Waals surface area contributed by atoms with E-state index in [-0.39, 0.29) is 5.75 Å². The summed E-state index contributed by atoms with van der Waals surface area (Å²) in [6, 6.07) is 7.08. The van der Waals surface area contributed by atoms with Gasteiger partial charge in [0.2, 0.25) is 0 Å². The number of rotatable bonds is 4. The highest BCUT2D eigenvalue weighted by Crippen LogP contribution is 2.12. The van der Waals surface area contributed by atoms with Crippen LogP contribution in [0.15, 0.2) is 66.8 Å². The second-order valence-electron chi connectivity index (χ2n) is 3.33. The molecule has 0 fully saturated rings. The van der Waals surface area contributed by atoms with E-state index in [0.29, 0.717) is 0 Å². The van der Waals surface area contributed by atoms with Crippen molar-refractivity contribution in [3.8, 4) is 5.75 Å². The molecule has 0 amide bonds. The summed E-state index contributed by atoms with van der Waals surface area (Å²) in [5.41, 5.74) is 2.14. The molecule has 0 aliphatic rings. The van der Waals surface area contributed by atoms with E-state index in [4.69, 9.17) is 5.11 Å². The van der Waals surface area contributed by atoms with Crippen LogP contribution in [-0.4, -0.2) is 5.11 Å². The zero-order valence-corrected chi connectivity index (χ0v) is 11.4. The number of phenolic OH excluding ortho intramolecular Hbond substituents is 1. The molecule has 1 aromatic rings. The van der Waals surface area contributed by atoms with Crippen molar-refractivity contribution in [2.24, 2.45) is 0 Å². The molecule has 0 atom stereocenters. The van der Waals surface area contributed by atoms with Gasteiger partial charge in [-0.2, -0.15) is 0 Å². The van der Waals surface area contributed by atoms with Crippen molar-refractivity contribution in [2.45, 2.75) is 20.8 Å². The van der Waals surface area contributed by atoms with Crippen molar-refractivity contribution in [3.63, 3.8) is 0 Å². The Hall–Kier alpha value is -2.02. The minimum absolute atomic E-state index is 0.285. The van der Waals surface area contributed by atoms with Crippen molar-refractivity contribution in [2.75, 3.05) is 0 Å². The fourth-order valence-electron chi connectivity index (χ4n) is 1.27. The molecule has 0 saturated carbocycles. The molecule has 0 aromatic heterocycles. The topological polar surface area (TPSA) is 20.2 Å². The van der Waals surface area contributed by atoms with Gasteiger partial charge in [0, 0.05) is 0 Å². The van der Waals surface area contributed by atoms with E-state index >= 15 is 0 Å². The minimum Gasteiger partial charge on any atom is -0.508 e. The third kappa shape index (κ3) is 6.54. The van der Waals surface area contributed by atoms with E-state index in [1.165, 1.54) is 0 Å². The maximum Gasteiger partial charge on any atom is 0.115 e. The monoisotopic (exact) mass is 242 g/mol. The lowest BCUT2D eigenvalue weighted by molar-refractivity contribution is 0.475. The molecule has 1 nitrogen and oxygen atoms in total. The lowest BCUT2D eigenvalue weighted by atomic mass is 10.1. The number of hydrogen-bond acceptors (Lipinski definition) is 1. The molecular weight excluding hydrogens is 220 g/mol. The van der Waals surface area contributed by atoms with Gasteiger partial charge in [-0.1, -0.05) is 69.0 Å². The SMILES string of the molecule is C=C/C=C(\C=C/C)/C=C/c1ccc(O)cc1.CC. The Morgan fingerprint density at radius 3 is 2.22 bits per heavy atom. The largest absolute Gasteiger partial charge is 0.508 e. The smallest absolute Gasteiger partial charge is 0.115 e. The Labute approximate surface area is 110 Å². The van der Waals surface area contributed by atoms with Crippen LogP contribution in [0.1, 0.15) is 26.3 Å². The van der Waals surface area contributed by atoms with E-state index in [0.717, 1.165) is 11.1 Å². The zero-order valence-electron chi connectivity index (χ0n) is 11.4. The van der Waals surface area contributed by atoms with Crippen molar-refractivity contribution in [1.82, 2.24) is 0 Å². The number of phenols is 1. The van der Waals surface area contributed by atoms with Crippen molar-refractivity contribution >= 4 is 6.08 Å². The van der Waals surface area contributed by atoms with Crippen LogP contribution in [0.2, 0.25) is 0 Å². The molecule has 1 rings (SSSR count). The molecule has 0 spiro atoms. The van der Waals surface area contributed by atoms with Crippen molar-refractivity contribution in [3.05, 3.63) is 72.4 Å². The van der Waals surface area contributed by atoms with Crippen LogP contribution in [0, 0.1) is 0 Å². The summed E-state index contributed by atoms with van der Waals surface area (Å²) in [4.78, 5) is 0. The quantitative estimate of drug-likeness (QED) is 0.726. The fraction of sp³-hybridized carbons (Fsp3) is 0.176. The minimum atomic E-state index is 0.285. The molecule has 0 heterocycles. The summed E-state index contributed by atoms with van der Waals surface area (Å²) in [5, 5.41) is 9.14. The maximum atomic E-state index is 9.14. The molecule has 1 heteroatoms. The summed E-state index contributed by atoms with van der Waals surface area (Å²) in [6.45, 7) is 9.65. The van der Waals surface area contributed by atoms with Gasteiger partial charge >= 0.3 is 0 Å². The lowest BCUT2D eigenvalue weighted by Crippen LogP contribution is -1.73. The lowest BCUT2D eigenvalue weighted by Gasteiger charge is -1.95. The first-order valence-electron chi connectivity index (χ1n) is 6.19. The molecule has 0 radical (unpaired) electrons. The molecule has 0 saturated heterocycles. The highest BCUT2D eigenvalue weighted by Gasteiger charge is 1.88. The molecular formula is C17H22O. The third-order valence-electron chi connectivity index (χ3n) is 2.03. The molecule has 1 aromatic carbocycles.